The summed E-state index contributed by atoms with van der Waals surface area (Å²) in [5.41, 5.74) is 0. The number of carbonyl (C=O) groups is 1. The first kappa shape index (κ1) is 12.4. The number of aromatic nitrogens is 3. The third-order valence-corrected chi connectivity index (χ3v) is 5.60. The molecule has 94 valence electrons. The lowest BCUT2D eigenvalue weighted by Crippen LogP contribution is -2.17. The molecule has 0 aliphatic carbocycles. The summed E-state index contributed by atoms with van der Waals surface area (Å²) in [6.45, 7) is 0. The van der Waals surface area contributed by atoms with Gasteiger partial charge in [-0.2, -0.15) is 10.1 Å². The highest BCUT2D eigenvalue weighted by Gasteiger charge is 2.28. The number of sulfone groups is 1. The maximum atomic E-state index is 11.5. The van der Waals surface area contributed by atoms with Gasteiger partial charge < -0.3 is 0 Å². The van der Waals surface area contributed by atoms with E-state index in [0.717, 1.165) is 0 Å². The molecule has 0 radical (unpaired) electrons. The van der Waals surface area contributed by atoms with Gasteiger partial charge in [0.1, 0.15) is 6.33 Å². The van der Waals surface area contributed by atoms with Crippen LogP contribution in [0.5, 0.6) is 0 Å². The summed E-state index contributed by atoms with van der Waals surface area (Å²) in [6.07, 6.45) is 1.93. The van der Waals surface area contributed by atoms with Crippen LogP contribution in [0.3, 0.4) is 0 Å². The van der Waals surface area contributed by atoms with Crippen molar-refractivity contribution >= 4 is 33.5 Å². The van der Waals surface area contributed by atoms with Crippen molar-refractivity contribution in [2.75, 3.05) is 22.6 Å². The van der Waals surface area contributed by atoms with Crippen LogP contribution in [-0.2, 0) is 14.6 Å². The summed E-state index contributed by atoms with van der Waals surface area (Å²) in [5.74, 6) is 0.716. The molecule has 0 bridgehead atoms. The molecule has 1 fully saturated rings. The Hall–Kier alpha value is -1.09. The van der Waals surface area contributed by atoms with Gasteiger partial charge in [-0.25, -0.2) is 13.5 Å². The normalized spacial score (nSPS) is 22.5. The Morgan fingerprint density at radius 1 is 1.65 bits per heavy atom. The molecule has 0 aromatic carbocycles. The Bertz CT molecular complexity index is 485. The molecule has 1 atom stereocenters. The number of hydrogen-bond donors (Lipinski definition) is 2. The molecule has 1 saturated heterocycles. The van der Waals surface area contributed by atoms with E-state index in [9.17, 15) is 13.2 Å². The minimum Gasteiger partial charge on any atom is -0.294 e. The van der Waals surface area contributed by atoms with Gasteiger partial charge in [0.15, 0.2) is 9.84 Å². The van der Waals surface area contributed by atoms with E-state index in [2.05, 4.69) is 20.5 Å². The van der Waals surface area contributed by atoms with E-state index in [0.29, 0.717) is 12.4 Å². The Morgan fingerprint density at radius 3 is 3.06 bits per heavy atom. The van der Waals surface area contributed by atoms with Crippen molar-refractivity contribution in [2.45, 2.75) is 11.7 Å². The van der Waals surface area contributed by atoms with E-state index < -0.39 is 9.84 Å². The number of nitrogens with one attached hydrogen (secondary N) is 2. The quantitative estimate of drug-likeness (QED) is 0.779. The zero-order chi connectivity index (χ0) is 12.3. The standard InChI is InChI=1S/C8H12N4O3S2/c13-7(11-8-9-5-10-12-8)3-16-6-1-2-17(14,15)4-6/h5-6H,1-4H2,(H2,9,10,11,12,13). The summed E-state index contributed by atoms with van der Waals surface area (Å²) in [5, 5.41) is 8.66. The fraction of sp³-hybridized carbons (Fsp3) is 0.625. The van der Waals surface area contributed by atoms with Crippen molar-refractivity contribution in [1.82, 2.24) is 15.2 Å². The topological polar surface area (TPSA) is 105 Å². The first-order chi connectivity index (χ1) is 8.05. The molecule has 1 aliphatic rings. The van der Waals surface area contributed by atoms with Crippen molar-refractivity contribution in [3.8, 4) is 0 Å². The zero-order valence-electron chi connectivity index (χ0n) is 8.92. The molecule has 1 unspecified atom stereocenters. The Kier molecular flexibility index (Phi) is 3.67. The van der Waals surface area contributed by atoms with Crippen molar-refractivity contribution in [3.63, 3.8) is 0 Å². The van der Waals surface area contributed by atoms with E-state index in [4.69, 9.17) is 0 Å². The van der Waals surface area contributed by atoms with Gasteiger partial charge >= 0.3 is 0 Å². The van der Waals surface area contributed by atoms with Crippen LogP contribution < -0.4 is 5.32 Å². The number of carbonyl (C=O) groups excluding carboxylic acids is 1. The molecule has 9 heteroatoms. The number of aromatic amines is 1. The van der Waals surface area contributed by atoms with Crippen LogP contribution in [0, 0.1) is 0 Å². The monoisotopic (exact) mass is 276 g/mol. The van der Waals surface area contributed by atoms with Crippen molar-refractivity contribution in [3.05, 3.63) is 6.33 Å². The van der Waals surface area contributed by atoms with Gasteiger partial charge in [0.05, 0.1) is 17.3 Å². The molecule has 1 aromatic rings. The fourth-order valence-corrected chi connectivity index (χ4v) is 4.96. The van der Waals surface area contributed by atoms with Crippen LogP contribution >= 0.6 is 11.8 Å². The zero-order valence-corrected chi connectivity index (χ0v) is 10.6. The molecular weight excluding hydrogens is 264 g/mol. The molecule has 1 amide bonds. The maximum Gasteiger partial charge on any atom is 0.236 e. The maximum absolute atomic E-state index is 11.5. The molecule has 0 spiro atoms. The first-order valence-corrected chi connectivity index (χ1v) is 7.89. The largest absolute Gasteiger partial charge is 0.294 e. The molecule has 7 nitrogen and oxygen atoms in total. The molecule has 2 N–H and O–H groups in total. The molecule has 2 heterocycles. The van der Waals surface area contributed by atoms with Gasteiger partial charge in [-0.1, -0.05) is 0 Å². The number of thioether (sulfide) groups is 1. The molecule has 17 heavy (non-hydrogen) atoms. The average Bonchev–Trinajstić information content (AvgIpc) is 2.85. The number of anilines is 1. The highest BCUT2D eigenvalue weighted by Crippen LogP contribution is 2.24. The lowest BCUT2D eigenvalue weighted by Gasteiger charge is -2.06. The van der Waals surface area contributed by atoms with Gasteiger partial charge in [0.25, 0.3) is 0 Å². The predicted octanol–water partition coefficient (Wildman–Crippen LogP) is -0.337. The van der Waals surface area contributed by atoms with Crippen LogP contribution in [0.1, 0.15) is 6.42 Å². The third kappa shape index (κ3) is 3.70. The van der Waals surface area contributed by atoms with Gasteiger partial charge in [-0.3, -0.25) is 10.1 Å². The molecule has 1 aliphatic heterocycles. The summed E-state index contributed by atoms with van der Waals surface area (Å²) in [4.78, 5) is 15.2. The van der Waals surface area contributed by atoms with Crippen LogP contribution in [0.4, 0.5) is 5.95 Å². The predicted molar refractivity (Wildman–Crippen MR) is 64.5 cm³/mol. The average molecular weight is 276 g/mol. The van der Waals surface area contributed by atoms with E-state index in [1.807, 2.05) is 0 Å². The van der Waals surface area contributed by atoms with Crippen LogP contribution in [0.15, 0.2) is 6.33 Å². The number of hydrogen-bond acceptors (Lipinski definition) is 6. The number of amides is 1. The Morgan fingerprint density at radius 2 is 2.47 bits per heavy atom. The van der Waals surface area contributed by atoms with Crippen molar-refractivity contribution in [1.29, 1.82) is 0 Å². The number of H-pyrrole nitrogens is 1. The van der Waals surface area contributed by atoms with Crippen molar-refractivity contribution < 1.29 is 13.2 Å². The lowest BCUT2D eigenvalue weighted by molar-refractivity contribution is -0.113. The molecular formula is C8H12N4O3S2. The summed E-state index contributed by atoms with van der Waals surface area (Å²) >= 11 is 1.36. The van der Waals surface area contributed by atoms with Gasteiger partial charge in [-0.15, -0.1) is 11.8 Å². The summed E-state index contributed by atoms with van der Waals surface area (Å²) in [7, 11) is -2.87. The van der Waals surface area contributed by atoms with Gasteiger partial charge in [0.2, 0.25) is 11.9 Å². The fourth-order valence-electron chi connectivity index (χ4n) is 1.52. The van der Waals surface area contributed by atoms with Crippen LogP contribution in [-0.4, -0.2) is 52.0 Å². The first-order valence-electron chi connectivity index (χ1n) is 5.02. The van der Waals surface area contributed by atoms with E-state index in [1.165, 1.54) is 18.1 Å². The molecule has 0 saturated carbocycles. The van der Waals surface area contributed by atoms with E-state index >= 15 is 0 Å². The lowest BCUT2D eigenvalue weighted by atomic mass is 10.4. The minimum atomic E-state index is -2.87. The third-order valence-electron chi connectivity index (χ3n) is 2.31. The summed E-state index contributed by atoms with van der Waals surface area (Å²) in [6, 6.07) is 0. The minimum absolute atomic E-state index is 0.0282. The second-order valence-corrected chi connectivity index (χ2v) is 7.24. The van der Waals surface area contributed by atoms with E-state index in [1.54, 1.807) is 0 Å². The Labute approximate surface area is 103 Å². The van der Waals surface area contributed by atoms with Gasteiger partial charge in [0, 0.05) is 5.25 Å². The molecule has 2 rings (SSSR count). The smallest absolute Gasteiger partial charge is 0.236 e. The second kappa shape index (κ2) is 5.05. The van der Waals surface area contributed by atoms with Crippen molar-refractivity contribution in [2.24, 2.45) is 0 Å². The second-order valence-electron chi connectivity index (χ2n) is 3.72. The SMILES string of the molecule is O=C(CSC1CCS(=O)(=O)C1)Nc1ncn[nH]1. The van der Waals surface area contributed by atoms with Gasteiger partial charge in [-0.05, 0) is 6.42 Å². The summed E-state index contributed by atoms with van der Waals surface area (Å²) < 4.78 is 22.4. The number of rotatable bonds is 4. The van der Waals surface area contributed by atoms with E-state index in [-0.39, 0.29) is 28.4 Å². The Balaban J connectivity index is 1.74. The highest BCUT2D eigenvalue weighted by atomic mass is 32.2. The van der Waals surface area contributed by atoms with Crippen LogP contribution in [0.2, 0.25) is 0 Å². The highest BCUT2D eigenvalue weighted by molar-refractivity contribution is 8.02. The van der Waals surface area contributed by atoms with Crippen LogP contribution in [0.25, 0.3) is 0 Å². The number of nitrogens with zero attached hydrogens (tertiary/aromatic N) is 2. The molecule has 1 aromatic heterocycles.